The number of hydrogen-bond acceptors (Lipinski definition) is 8. The molecule has 4 aromatic carbocycles. The molecule has 6 aromatic rings. The largest absolute Gasteiger partial charge is 0.496 e. The molecule has 0 aliphatic carbocycles. The van der Waals surface area contributed by atoms with Gasteiger partial charge in [0, 0.05) is 27.1 Å². The highest BCUT2D eigenvalue weighted by molar-refractivity contribution is 8.00. The van der Waals surface area contributed by atoms with Crippen LogP contribution in [0.1, 0.15) is 26.7 Å². The van der Waals surface area contributed by atoms with Gasteiger partial charge in [0.1, 0.15) is 16.7 Å². The Morgan fingerprint density at radius 1 is 0.796 bits per heavy atom. The number of nitrogens with one attached hydrogen (secondary N) is 3. The zero-order valence-corrected chi connectivity index (χ0v) is 28.6. The average Bonchev–Trinajstić information content (AvgIpc) is 3.85. The van der Waals surface area contributed by atoms with Gasteiger partial charge in [-0.2, -0.15) is 0 Å². The summed E-state index contributed by atoms with van der Waals surface area (Å²) in [7, 11) is 1.54. The zero-order chi connectivity index (χ0) is 34.0. The summed E-state index contributed by atoms with van der Waals surface area (Å²) < 4.78 is 5.45. The number of thiophene rings is 1. The van der Waals surface area contributed by atoms with Gasteiger partial charge in [-0.05, 0) is 65.6 Å². The predicted octanol–water partition coefficient (Wildman–Crippen LogP) is 8.76. The zero-order valence-electron chi connectivity index (χ0n) is 26.2. The maximum Gasteiger partial charge on any atom is 0.272 e. The van der Waals surface area contributed by atoms with Gasteiger partial charge in [-0.15, -0.1) is 34.4 Å². The number of hydrogen-bond donors (Lipinski definition) is 3. The molecule has 0 fully saturated rings. The van der Waals surface area contributed by atoms with E-state index in [1.807, 2.05) is 83.6 Å². The lowest BCUT2D eigenvalue weighted by molar-refractivity contribution is -0.116. The summed E-state index contributed by atoms with van der Waals surface area (Å²) in [5.74, 6) is -0.573. The van der Waals surface area contributed by atoms with Crippen LogP contribution in [-0.2, 0) is 9.59 Å². The van der Waals surface area contributed by atoms with Gasteiger partial charge in [0.05, 0.1) is 17.7 Å². The van der Waals surface area contributed by atoms with Crippen molar-refractivity contribution in [1.82, 2.24) is 10.3 Å². The van der Waals surface area contributed by atoms with Gasteiger partial charge in [-0.3, -0.25) is 14.4 Å². The van der Waals surface area contributed by atoms with Crippen LogP contribution in [0.15, 0.2) is 143 Å². The van der Waals surface area contributed by atoms with Gasteiger partial charge in [0.25, 0.3) is 11.8 Å². The van der Waals surface area contributed by atoms with Crippen molar-refractivity contribution in [3.05, 3.63) is 154 Å². The lowest BCUT2D eigenvalue weighted by Crippen LogP contribution is -2.30. The number of rotatable bonds is 12. The number of amides is 3. The summed E-state index contributed by atoms with van der Waals surface area (Å²) >= 11 is 4.37. The second kappa shape index (κ2) is 16.1. The Morgan fingerprint density at radius 2 is 1.51 bits per heavy atom. The van der Waals surface area contributed by atoms with Crippen molar-refractivity contribution >= 4 is 69.1 Å². The Balaban J connectivity index is 1.18. The van der Waals surface area contributed by atoms with E-state index in [1.165, 1.54) is 23.1 Å². The van der Waals surface area contributed by atoms with Gasteiger partial charge in [-0.1, -0.05) is 72.8 Å². The maximum atomic E-state index is 13.6. The third-order valence-electron chi connectivity index (χ3n) is 7.18. The van der Waals surface area contributed by atoms with Crippen LogP contribution in [0.4, 0.5) is 10.8 Å². The second-order valence-corrected chi connectivity index (χ2v) is 13.5. The third kappa shape index (κ3) is 8.71. The van der Waals surface area contributed by atoms with Crippen LogP contribution < -0.4 is 20.7 Å². The third-order valence-corrected chi connectivity index (χ3v) is 10.1. The number of methoxy groups -OCH3 is 1. The number of thiazole rings is 1. The molecule has 0 radical (unpaired) electrons. The van der Waals surface area contributed by atoms with Crippen LogP contribution in [0.2, 0.25) is 0 Å². The Hall–Kier alpha value is -5.49. The highest BCUT2D eigenvalue weighted by atomic mass is 32.2. The number of anilines is 2. The lowest BCUT2D eigenvalue weighted by atomic mass is 10.1. The first-order valence-electron chi connectivity index (χ1n) is 15.1. The van der Waals surface area contributed by atoms with Crippen molar-refractivity contribution in [2.24, 2.45) is 0 Å². The minimum atomic E-state index is -0.556. The molecule has 2 heterocycles. The summed E-state index contributed by atoms with van der Waals surface area (Å²) in [6.45, 7) is 0. The molecule has 0 saturated heterocycles. The number of thioether (sulfide) groups is 1. The Labute approximate surface area is 295 Å². The van der Waals surface area contributed by atoms with Gasteiger partial charge < -0.3 is 20.7 Å². The molecule has 1 atom stereocenters. The van der Waals surface area contributed by atoms with E-state index in [0.29, 0.717) is 27.7 Å². The van der Waals surface area contributed by atoms with Gasteiger partial charge >= 0.3 is 0 Å². The number of ether oxygens (including phenoxy) is 1. The van der Waals surface area contributed by atoms with E-state index in [1.54, 1.807) is 73.1 Å². The van der Waals surface area contributed by atoms with E-state index in [9.17, 15) is 14.4 Å². The number of aromatic nitrogens is 1. The highest BCUT2D eigenvalue weighted by Crippen LogP contribution is 2.37. The van der Waals surface area contributed by atoms with Crippen molar-refractivity contribution in [1.29, 1.82) is 0 Å². The molecule has 2 aromatic heterocycles. The van der Waals surface area contributed by atoms with Gasteiger partial charge in [0.15, 0.2) is 5.13 Å². The molecule has 0 bridgehead atoms. The van der Waals surface area contributed by atoms with Crippen LogP contribution in [0.3, 0.4) is 0 Å². The summed E-state index contributed by atoms with van der Waals surface area (Å²) in [5.41, 5.74) is 3.27. The fourth-order valence-electron chi connectivity index (χ4n) is 4.78. The molecular formula is C38H30N4O4S3. The van der Waals surface area contributed by atoms with E-state index < -0.39 is 17.1 Å². The van der Waals surface area contributed by atoms with Crippen molar-refractivity contribution < 1.29 is 19.1 Å². The topological polar surface area (TPSA) is 109 Å². The summed E-state index contributed by atoms with van der Waals surface area (Å²) in [4.78, 5) is 46.7. The smallest absolute Gasteiger partial charge is 0.272 e. The second-order valence-electron chi connectivity index (χ2n) is 10.5. The first kappa shape index (κ1) is 33.4. The van der Waals surface area contributed by atoms with Crippen LogP contribution in [0.25, 0.3) is 16.6 Å². The van der Waals surface area contributed by atoms with Crippen LogP contribution in [0, 0.1) is 0 Å². The molecule has 244 valence electrons. The first-order chi connectivity index (χ1) is 24.0. The van der Waals surface area contributed by atoms with Crippen molar-refractivity contribution in [2.75, 3.05) is 17.7 Å². The molecule has 6 rings (SSSR count). The van der Waals surface area contributed by atoms with Gasteiger partial charge in [-0.25, -0.2) is 4.98 Å². The van der Waals surface area contributed by atoms with E-state index in [0.717, 1.165) is 21.0 Å². The van der Waals surface area contributed by atoms with Crippen molar-refractivity contribution in [2.45, 2.75) is 10.1 Å². The number of para-hydroxylation sites is 1. The number of nitrogens with zero attached hydrogens (tertiary/aromatic N) is 1. The van der Waals surface area contributed by atoms with Crippen LogP contribution >= 0.6 is 34.4 Å². The van der Waals surface area contributed by atoms with Gasteiger partial charge in [0.2, 0.25) is 5.91 Å². The molecule has 49 heavy (non-hydrogen) atoms. The lowest BCUT2D eigenvalue weighted by Gasteiger charge is -2.17. The molecule has 3 N–H and O–H groups in total. The molecule has 0 saturated carbocycles. The fourth-order valence-corrected chi connectivity index (χ4v) is 7.27. The number of benzene rings is 4. The Bertz CT molecular complexity index is 2060. The Kier molecular flexibility index (Phi) is 11.0. The minimum absolute atomic E-state index is 0.0436. The maximum absolute atomic E-state index is 13.6. The molecule has 8 nitrogen and oxygen atoms in total. The summed E-state index contributed by atoms with van der Waals surface area (Å²) in [5, 5.41) is 12.5. The normalized spacial score (nSPS) is 11.7. The number of carbonyl (C=O) groups is 3. The van der Waals surface area contributed by atoms with E-state index >= 15 is 0 Å². The summed E-state index contributed by atoms with van der Waals surface area (Å²) in [6.07, 6.45) is 1.58. The minimum Gasteiger partial charge on any atom is -0.496 e. The summed E-state index contributed by atoms with van der Waals surface area (Å²) in [6, 6.07) is 36.6. The first-order valence-corrected chi connectivity index (χ1v) is 17.7. The molecule has 3 amide bonds. The molecular weight excluding hydrogens is 673 g/mol. The SMILES string of the molecule is COc1ccccc1/C=C(\NC(=O)c1ccccc1)C(=O)Nc1ccc(SC(C(=O)Nc2nc(-c3cccs3)cs2)c2ccccc2)cc1. The highest BCUT2D eigenvalue weighted by Gasteiger charge is 2.24. The standard InChI is InChI=1S/C38H30N4O4S3/c1-46-32-16-9-8-15-27(32)23-30(40-35(43)26-13-6-3-7-14-26)36(44)39-28-18-20-29(21-19-28)49-34(25-11-4-2-5-12-25)37(45)42-38-41-31(24-48-38)33-17-10-22-47-33/h2-24,34H,1H3,(H,39,44)(H,40,43)(H,41,42,45)/b30-23-. The quantitative estimate of drug-likeness (QED) is 0.0869. The van der Waals surface area contributed by atoms with Crippen LogP contribution in [0.5, 0.6) is 5.75 Å². The Morgan fingerprint density at radius 3 is 2.22 bits per heavy atom. The van der Waals surface area contributed by atoms with E-state index in [4.69, 9.17) is 4.74 Å². The monoisotopic (exact) mass is 702 g/mol. The van der Waals surface area contributed by atoms with Crippen LogP contribution in [-0.4, -0.2) is 29.8 Å². The van der Waals surface area contributed by atoms with Crippen molar-refractivity contribution in [3.8, 4) is 16.3 Å². The molecule has 0 aliphatic heterocycles. The van der Waals surface area contributed by atoms with E-state index in [-0.39, 0.29) is 11.6 Å². The fraction of sp³-hybridized carbons (Fsp3) is 0.0526. The molecule has 1 unspecified atom stereocenters. The molecule has 0 aliphatic rings. The molecule has 11 heteroatoms. The number of carbonyl (C=O) groups excluding carboxylic acids is 3. The van der Waals surface area contributed by atoms with Crippen molar-refractivity contribution in [3.63, 3.8) is 0 Å². The molecule has 0 spiro atoms. The predicted molar refractivity (Wildman–Crippen MR) is 199 cm³/mol. The van der Waals surface area contributed by atoms with E-state index in [2.05, 4.69) is 20.9 Å². The average molecular weight is 703 g/mol.